The fraction of sp³-hybridized carbons (Fsp3) is 0.562. The molecule has 0 bridgehead atoms. The van der Waals surface area contributed by atoms with Crippen molar-refractivity contribution in [3.8, 4) is 0 Å². The maximum absolute atomic E-state index is 13.4. The Morgan fingerprint density at radius 2 is 2.14 bits per heavy atom. The van der Waals surface area contributed by atoms with Gasteiger partial charge in [0, 0.05) is 12.5 Å². The fourth-order valence-corrected chi connectivity index (χ4v) is 2.98. The topological polar surface area (TPSA) is 78.8 Å². The number of aliphatic hydroxyl groups excluding tert-OH is 2. The minimum atomic E-state index is -0.922. The molecule has 1 heterocycles. The van der Waals surface area contributed by atoms with Gasteiger partial charge in [0.25, 0.3) is 0 Å². The van der Waals surface area contributed by atoms with Gasteiger partial charge in [-0.2, -0.15) is 0 Å². The molecule has 1 aromatic carbocycles. The van der Waals surface area contributed by atoms with Gasteiger partial charge < -0.3 is 20.3 Å². The molecule has 1 saturated heterocycles. The monoisotopic (exact) mass is 309 g/mol. The van der Waals surface area contributed by atoms with E-state index in [4.69, 9.17) is 4.74 Å². The van der Waals surface area contributed by atoms with E-state index in [2.05, 4.69) is 5.32 Å². The molecule has 1 saturated carbocycles. The molecule has 1 amide bonds. The minimum Gasteiger partial charge on any atom is -0.390 e. The molecule has 0 spiro atoms. The van der Waals surface area contributed by atoms with Crippen molar-refractivity contribution < 1.29 is 24.1 Å². The molecule has 2 aliphatic rings. The SMILES string of the molecule is O=C(NC[C@@H]1COC[C@@H](O)[C@H]1O)C1(c2cccc(F)c2)CC1. The number of ether oxygens (including phenoxy) is 1. The van der Waals surface area contributed by atoms with Gasteiger partial charge in [0.1, 0.15) is 11.9 Å². The van der Waals surface area contributed by atoms with Crippen molar-refractivity contribution in [1.82, 2.24) is 5.32 Å². The highest BCUT2D eigenvalue weighted by atomic mass is 19.1. The zero-order valence-corrected chi connectivity index (χ0v) is 12.2. The molecular weight excluding hydrogens is 289 g/mol. The molecule has 3 atom stereocenters. The van der Waals surface area contributed by atoms with E-state index in [0.717, 1.165) is 0 Å². The van der Waals surface area contributed by atoms with Crippen molar-refractivity contribution in [2.24, 2.45) is 5.92 Å². The first kappa shape index (κ1) is 15.4. The number of hydrogen-bond donors (Lipinski definition) is 3. The third-order valence-electron chi connectivity index (χ3n) is 4.58. The van der Waals surface area contributed by atoms with Crippen molar-refractivity contribution >= 4 is 5.91 Å². The van der Waals surface area contributed by atoms with Gasteiger partial charge in [0.2, 0.25) is 5.91 Å². The standard InChI is InChI=1S/C16H20FNO4/c17-12-3-1-2-11(6-12)16(4-5-16)15(21)18-7-10-8-22-9-13(19)14(10)20/h1-3,6,10,13-14,19-20H,4-5,7-9H2,(H,18,21)/t10-,13-,14+/m1/s1. The molecule has 120 valence electrons. The zero-order valence-electron chi connectivity index (χ0n) is 12.2. The van der Waals surface area contributed by atoms with Gasteiger partial charge >= 0.3 is 0 Å². The van der Waals surface area contributed by atoms with Crippen molar-refractivity contribution in [3.05, 3.63) is 35.6 Å². The smallest absolute Gasteiger partial charge is 0.230 e. The first-order valence-corrected chi connectivity index (χ1v) is 7.51. The quantitative estimate of drug-likeness (QED) is 0.749. The first-order chi connectivity index (χ1) is 10.5. The Hall–Kier alpha value is -1.50. The molecule has 22 heavy (non-hydrogen) atoms. The van der Waals surface area contributed by atoms with Gasteiger partial charge in [0.15, 0.2) is 0 Å². The fourth-order valence-electron chi connectivity index (χ4n) is 2.98. The van der Waals surface area contributed by atoms with Crippen LogP contribution >= 0.6 is 0 Å². The van der Waals surface area contributed by atoms with Gasteiger partial charge in [-0.25, -0.2) is 4.39 Å². The summed E-state index contributed by atoms with van der Waals surface area (Å²) in [4.78, 5) is 12.5. The first-order valence-electron chi connectivity index (χ1n) is 7.51. The highest BCUT2D eigenvalue weighted by molar-refractivity contribution is 5.91. The number of aliphatic hydroxyl groups is 2. The maximum Gasteiger partial charge on any atom is 0.230 e. The second-order valence-corrected chi connectivity index (χ2v) is 6.16. The Morgan fingerprint density at radius 1 is 1.36 bits per heavy atom. The van der Waals surface area contributed by atoms with Crippen LogP contribution in [0.2, 0.25) is 0 Å². The third-order valence-corrected chi connectivity index (χ3v) is 4.58. The molecule has 1 aliphatic carbocycles. The van der Waals surface area contributed by atoms with Crippen LogP contribution < -0.4 is 5.32 Å². The summed E-state index contributed by atoms with van der Waals surface area (Å²) < 4.78 is 18.5. The molecular formula is C16H20FNO4. The summed E-state index contributed by atoms with van der Waals surface area (Å²) in [5.74, 6) is -0.850. The predicted octanol–water partition coefficient (Wildman–Crippen LogP) is 0.342. The summed E-state index contributed by atoms with van der Waals surface area (Å²) in [6, 6.07) is 6.12. The van der Waals surface area contributed by atoms with E-state index in [1.165, 1.54) is 12.1 Å². The highest BCUT2D eigenvalue weighted by Gasteiger charge is 2.51. The molecule has 5 nitrogen and oxygen atoms in total. The summed E-state index contributed by atoms with van der Waals surface area (Å²) in [6.07, 6.45) is -0.448. The van der Waals surface area contributed by atoms with Gasteiger partial charge in [-0.1, -0.05) is 12.1 Å². The maximum atomic E-state index is 13.4. The Morgan fingerprint density at radius 3 is 2.82 bits per heavy atom. The summed E-state index contributed by atoms with van der Waals surface area (Å²) >= 11 is 0. The van der Waals surface area contributed by atoms with Crippen LogP contribution in [-0.4, -0.2) is 48.1 Å². The van der Waals surface area contributed by atoms with E-state index < -0.39 is 17.6 Å². The number of halogens is 1. The molecule has 0 aromatic heterocycles. The number of benzene rings is 1. The van der Waals surface area contributed by atoms with Crippen LogP contribution in [0.15, 0.2) is 24.3 Å². The van der Waals surface area contributed by atoms with Crippen LogP contribution in [0.1, 0.15) is 18.4 Å². The number of amides is 1. The average molecular weight is 309 g/mol. The van der Waals surface area contributed by atoms with E-state index in [0.29, 0.717) is 25.0 Å². The number of carbonyl (C=O) groups is 1. The molecule has 3 N–H and O–H groups in total. The number of nitrogens with one attached hydrogen (secondary N) is 1. The van der Waals surface area contributed by atoms with Crippen LogP contribution in [0.4, 0.5) is 4.39 Å². The van der Waals surface area contributed by atoms with Crippen LogP contribution in [0.5, 0.6) is 0 Å². The van der Waals surface area contributed by atoms with Crippen LogP contribution in [0.25, 0.3) is 0 Å². The van der Waals surface area contributed by atoms with Gasteiger partial charge in [-0.15, -0.1) is 0 Å². The van der Waals surface area contributed by atoms with Crippen LogP contribution in [0, 0.1) is 11.7 Å². The van der Waals surface area contributed by atoms with E-state index in [9.17, 15) is 19.4 Å². The summed E-state index contributed by atoms with van der Waals surface area (Å²) in [5.41, 5.74) is 0.0340. The van der Waals surface area contributed by atoms with Crippen LogP contribution in [-0.2, 0) is 14.9 Å². The molecule has 6 heteroatoms. The van der Waals surface area contributed by atoms with Crippen molar-refractivity contribution in [2.75, 3.05) is 19.8 Å². The molecule has 3 rings (SSSR count). The Kier molecular flexibility index (Phi) is 4.16. The second-order valence-electron chi connectivity index (χ2n) is 6.16. The van der Waals surface area contributed by atoms with Crippen molar-refractivity contribution in [1.29, 1.82) is 0 Å². The van der Waals surface area contributed by atoms with Crippen molar-refractivity contribution in [3.63, 3.8) is 0 Å². The van der Waals surface area contributed by atoms with E-state index in [-0.39, 0.29) is 30.8 Å². The van der Waals surface area contributed by atoms with Crippen LogP contribution in [0.3, 0.4) is 0 Å². The lowest BCUT2D eigenvalue weighted by Crippen LogP contribution is -2.49. The normalized spacial score (nSPS) is 29.9. The van der Waals surface area contributed by atoms with Gasteiger partial charge in [-0.3, -0.25) is 4.79 Å². The summed E-state index contributed by atoms with van der Waals surface area (Å²) in [7, 11) is 0. The highest BCUT2D eigenvalue weighted by Crippen LogP contribution is 2.48. The number of rotatable bonds is 4. The summed E-state index contributed by atoms with van der Waals surface area (Å²) in [5, 5.41) is 22.3. The lowest BCUT2D eigenvalue weighted by atomic mass is 9.93. The lowest BCUT2D eigenvalue weighted by molar-refractivity contribution is -0.129. The molecule has 2 fully saturated rings. The summed E-state index contributed by atoms with van der Waals surface area (Å²) in [6.45, 7) is 0.637. The minimum absolute atomic E-state index is 0.110. The molecule has 1 aromatic rings. The Labute approximate surface area is 128 Å². The zero-order chi connectivity index (χ0) is 15.7. The van der Waals surface area contributed by atoms with E-state index in [1.807, 2.05) is 0 Å². The molecule has 0 radical (unpaired) electrons. The lowest BCUT2D eigenvalue weighted by Gasteiger charge is -2.32. The van der Waals surface area contributed by atoms with E-state index >= 15 is 0 Å². The largest absolute Gasteiger partial charge is 0.390 e. The number of carbonyl (C=O) groups excluding carboxylic acids is 1. The predicted molar refractivity (Wildman–Crippen MR) is 76.6 cm³/mol. The Bertz CT molecular complexity index is 561. The second kappa shape index (κ2) is 5.95. The average Bonchev–Trinajstić information content (AvgIpc) is 3.30. The Balaban J connectivity index is 1.62. The number of hydrogen-bond acceptors (Lipinski definition) is 4. The van der Waals surface area contributed by atoms with Gasteiger partial charge in [0.05, 0.1) is 24.7 Å². The van der Waals surface area contributed by atoms with E-state index in [1.54, 1.807) is 12.1 Å². The molecule has 0 unspecified atom stereocenters. The third kappa shape index (κ3) is 2.86. The van der Waals surface area contributed by atoms with Gasteiger partial charge in [-0.05, 0) is 30.5 Å². The van der Waals surface area contributed by atoms with Crippen molar-refractivity contribution in [2.45, 2.75) is 30.5 Å². The molecule has 1 aliphatic heterocycles.